The van der Waals surface area contributed by atoms with Crippen LogP contribution in [-0.2, 0) is 24.8 Å². The van der Waals surface area contributed by atoms with Gasteiger partial charge in [0.2, 0.25) is 5.91 Å². The van der Waals surface area contributed by atoms with E-state index >= 15 is 0 Å². The molecule has 0 spiro atoms. The Morgan fingerprint density at radius 1 is 1.10 bits per heavy atom. The van der Waals surface area contributed by atoms with Gasteiger partial charge in [0.05, 0.1) is 13.3 Å². The van der Waals surface area contributed by atoms with Crippen LogP contribution in [0.15, 0.2) is 59.5 Å². The van der Waals surface area contributed by atoms with Crippen LogP contribution in [0.5, 0.6) is 5.75 Å². The van der Waals surface area contributed by atoms with Crippen molar-refractivity contribution in [2.45, 2.75) is 25.8 Å². The van der Waals surface area contributed by atoms with Gasteiger partial charge >= 0.3 is 0 Å². The fourth-order valence-electron chi connectivity index (χ4n) is 4.01. The maximum Gasteiger partial charge on any atom is 0.291 e. The highest BCUT2D eigenvalue weighted by Gasteiger charge is 2.15. The van der Waals surface area contributed by atoms with Crippen LogP contribution in [0.1, 0.15) is 18.4 Å². The van der Waals surface area contributed by atoms with Gasteiger partial charge in [0.15, 0.2) is 0 Å². The molecule has 1 N–H and O–H groups in total. The van der Waals surface area contributed by atoms with Crippen LogP contribution >= 0.6 is 0 Å². The Balaban J connectivity index is 1.41. The molecule has 0 unspecified atom stereocenters. The summed E-state index contributed by atoms with van der Waals surface area (Å²) >= 11 is 0. The number of carbonyl (C=O) groups is 1. The summed E-state index contributed by atoms with van der Waals surface area (Å²) in [6, 6.07) is 15.7. The monoisotopic (exact) mass is 418 g/mol. The molecule has 2 aromatic heterocycles. The van der Waals surface area contributed by atoms with Crippen LogP contribution < -0.4 is 15.6 Å². The summed E-state index contributed by atoms with van der Waals surface area (Å²) in [4.78, 5) is 25.1. The van der Waals surface area contributed by atoms with Gasteiger partial charge in [0, 0.05) is 42.8 Å². The van der Waals surface area contributed by atoms with E-state index in [2.05, 4.69) is 10.4 Å². The van der Waals surface area contributed by atoms with Crippen molar-refractivity contribution in [2.24, 2.45) is 7.05 Å². The molecule has 2 aromatic carbocycles. The zero-order valence-corrected chi connectivity index (χ0v) is 17.8. The summed E-state index contributed by atoms with van der Waals surface area (Å²) in [7, 11) is 3.30. The van der Waals surface area contributed by atoms with Gasteiger partial charge < -0.3 is 14.6 Å². The number of aryl methyl sites for hydroxylation is 2. The van der Waals surface area contributed by atoms with Crippen molar-refractivity contribution in [2.75, 3.05) is 13.7 Å². The predicted octanol–water partition coefficient (Wildman–Crippen LogP) is 3.04. The van der Waals surface area contributed by atoms with Crippen molar-refractivity contribution in [3.63, 3.8) is 0 Å². The second-order valence-corrected chi connectivity index (χ2v) is 7.52. The second-order valence-electron chi connectivity index (χ2n) is 7.52. The van der Waals surface area contributed by atoms with Crippen molar-refractivity contribution in [3.8, 4) is 5.75 Å². The molecule has 0 aliphatic carbocycles. The van der Waals surface area contributed by atoms with Crippen LogP contribution in [0, 0.1) is 0 Å². The summed E-state index contributed by atoms with van der Waals surface area (Å²) in [6.45, 7) is 1.14. The molecule has 4 aromatic rings. The lowest BCUT2D eigenvalue weighted by Crippen LogP contribution is -2.26. The minimum atomic E-state index is -0.130. The number of hydrogen-bond acceptors (Lipinski definition) is 4. The van der Waals surface area contributed by atoms with Crippen LogP contribution in [0.25, 0.3) is 21.8 Å². The van der Waals surface area contributed by atoms with Gasteiger partial charge in [-0.2, -0.15) is 5.10 Å². The number of amides is 1. The molecule has 0 saturated carbocycles. The molecule has 7 nitrogen and oxygen atoms in total. The quantitative estimate of drug-likeness (QED) is 0.477. The Labute approximate surface area is 180 Å². The van der Waals surface area contributed by atoms with E-state index in [0.717, 1.165) is 27.6 Å². The van der Waals surface area contributed by atoms with Gasteiger partial charge in [-0.15, -0.1) is 0 Å². The average Bonchev–Trinajstić information content (AvgIpc) is 3.11. The molecular weight excluding hydrogens is 392 g/mol. The molecule has 4 rings (SSSR count). The number of para-hydroxylation sites is 2. The Hall–Kier alpha value is -3.61. The number of benzene rings is 2. The maximum absolute atomic E-state index is 12.7. The number of rotatable bonds is 8. The first-order valence-electron chi connectivity index (χ1n) is 10.4. The number of ether oxygens (including phenoxy) is 1. The number of nitrogens with one attached hydrogen (secondary N) is 1. The van der Waals surface area contributed by atoms with Crippen LogP contribution in [0.4, 0.5) is 0 Å². The topological polar surface area (TPSA) is 78.2 Å². The normalized spacial score (nSPS) is 11.2. The molecule has 0 saturated heterocycles. The first-order chi connectivity index (χ1) is 15.1. The summed E-state index contributed by atoms with van der Waals surface area (Å²) in [6.07, 6.45) is 3.48. The van der Waals surface area contributed by atoms with E-state index in [1.807, 2.05) is 53.1 Å². The molecule has 2 heterocycles. The smallest absolute Gasteiger partial charge is 0.291 e. The Bertz CT molecular complexity index is 1290. The van der Waals surface area contributed by atoms with Crippen molar-refractivity contribution in [1.82, 2.24) is 19.7 Å². The molecule has 0 bridgehead atoms. The lowest BCUT2D eigenvalue weighted by molar-refractivity contribution is -0.121. The Morgan fingerprint density at radius 2 is 1.87 bits per heavy atom. The standard InChI is InChI=1S/C24H26N4O3/c1-27-24(30)23-19(16-26-27)18-9-4-5-10-20(18)28(23)15-7-12-22(29)25-14-13-17-8-3-6-11-21(17)31-2/h3-6,8-11,16H,7,12-15H2,1-2H3,(H,25,29). The van der Waals surface area contributed by atoms with Gasteiger partial charge in [-0.3, -0.25) is 9.59 Å². The first kappa shape index (κ1) is 20.7. The molecule has 0 aliphatic rings. The Kier molecular flexibility index (Phi) is 6.02. The van der Waals surface area contributed by atoms with E-state index in [9.17, 15) is 9.59 Å². The molecular formula is C24H26N4O3. The lowest BCUT2D eigenvalue weighted by atomic mass is 10.1. The summed E-state index contributed by atoms with van der Waals surface area (Å²) in [5.41, 5.74) is 2.56. The maximum atomic E-state index is 12.7. The molecule has 0 aliphatic heterocycles. The van der Waals surface area contributed by atoms with Crippen LogP contribution in [0.2, 0.25) is 0 Å². The average molecular weight is 418 g/mol. The third-order valence-electron chi connectivity index (χ3n) is 5.56. The molecule has 7 heteroatoms. The summed E-state index contributed by atoms with van der Waals surface area (Å²) in [5.74, 6) is 0.837. The minimum Gasteiger partial charge on any atom is -0.496 e. The van der Waals surface area contributed by atoms with Gasteiger partial charge in [0.1, 0.15) is 11.3 Å². The van der Waals surface area contributed by atoms with Crippen LogP contribution in [-0.4, -0.2) is 33.9 Å². The second kappa shape index (κ2) is 9.04. The fraction of sp³-hybridized carbons (Fsp3) is 0.292. The highest BCUT2D eigenvalue weighted by Crippen LogP contribution is 2.26. The van der Waals surface area contributed by atoms with Gasteiger partial charge in [-0.05, 0) is 30.5 Å². The van der Waals surface area contributed by atoms with Gasteiger partial charge in [0.25, 0.3) is 5.56 Å². The van der Waals surface area contributed by atoms with E-state index < -0.39 is 0 Å². The van der Waals surface area contributed by atoms with Crippen molar-refractivity contribution in [3.05, 3.63) is 70.6 Å². The molecule has 0 fully saturated rings. The largest absolute Gasteiger partial charge is 0.496 e. The van der Waals surface area contributed by atoms with Gasteiger partial charge in [-0.25, -0.2) is 4.68 Å². The number of fused-ring (bicyclic) bond motifs is 3. The van der Waals surface area contributed by atoms with E-state index in [4.69, 9.17) is 4.74 Å². The predicted molar refractivity (Wildman–Crippen MR) is 121 cm³/mol. The van der Waals surface area contributed by atoms with E-state index in [-0.39, 0.29) is 11.5 Å². The number of hydrogen-bond donors (Lipinski definition) is 1. The summed E-state index contributed by atoms with van der Waals surface area (Å²) in [5, 5.41) is 9.00. The molecule has 0 radical (unpaired) electrons. The lowest BCUT2D eigenvalue weighted by Gasteiger charge is -2.10. The Morgan fingerprint density at radius 3 is 2.71 bits per heavy atom. The third-order valence-corrected chi connectivity index (χ3v) is 5.56. The molecule has 0 atom stereocenters. The number of nitrogens with zero attached hydrogens (tertiary/aromatic N) is 3. The first-order valence-corrected chi connectivity index (χ1v) is 10.4. The number of methoxy groups -OCH3 is 1. The molecule has 31 heavy (non-hydrogen) atoms. The zero-order valence-electron chi connectivity index (χ0n) is 17.8. The number of aromatic nitrogens is 3. The van der Waals surface area contributed by atoms with Gasteiger partial charge in [-0.1, -0.05) is 36.4 Å². The molecule has 160 valence electrons. The van der Waals surface area contributed by atoms with Crippen molar-refractivity contribution < 1.29 is 9.53 Å². The fourth-order valence-corrected chi connectivity index (χ4v) is 4.01. The zero-order chi connectivity index (χ0) is 21.8. The van der Waals surface area contributed by atoms with Crippen molar-refractivity contribution >= 4 is 27.7 Å². The van der Waals surface area contributed by atoms with E-state index in [1.54, 1.807) is 20.4 Å². The van der Waals surface area contributed by atoms with E-state index in [0.29, 0.717) is 37.9 Å². The van der Waals surface area contributed by atoms with E-state index in [1.165, 1.54) is 4.68 Å². The highest BCUT2D eigenvalue weighted by atomic mass is 16.5. The SMILES string of the molecule is COc1ccccc1CCNC(=O)CCCn1c2ccccc2c2cnn(C)c(=O)c21. The van der Waals surface area contributed by atoms with Crippen LogP contribution in [0.3, 0.4) is 0 Å². The highest BCUT2D eigenvalue weighted by molar-refractivity contribution is 6.07. The summed E-state index contributed by atoms with van der Waals surface area (Å²) < 4.78 is 8.71. The molecule has 1 amide bonds. The van der Waals surface area contributed by atoms with Crippen molar-refractivity contribution in [1.29, 1.82) is 0 Å². The number of carbonyl (C=O) groups excluding carboxylic acids is 1. The minimum absolute atomic E-state index is 0.00485. The third kappa shape index (κ3) is 4.17.